The van der Waals surface area contributed by atoms with Crippen LogP contribution >= 0.6 is 0 Å². The molecule has 0 saturated carbocycles. The molecule has 174 valence electrons. The molecule has 0 aliphatic carbocycles. The first-order valence-electron chi connectivity index (χ1n) is 11.1. The van der Waals surface area contributed by atoms with Crippen LogP contribution in [0.4, 0.5) is 0 Å². The highest BCUT2D eigenvalue weighted by Crippen LogP contribution is 2.23. The third-order valence-electron chi connectivity index (χ3n) is 5.47. The van der Waals surface area contributed by atoms with E-state index in [4.69, 9.17) is 9.47 Å². The van der Waals surface area contributed by atoms with Gasteiger partial charge in [0.1, 0.15) is 18.1 Å². The predicted octanol–water partition coefficient (Wildman–Crippen LogP) is 3.52. The van der Waals surface area contributed by atoms with Crippen LogP contribution in [0.3, 0.4) is 0 Å². The van der Waals surface area contributed by atoms with Crippen LogP contribution in [0.15, 0.2) is 53.4 Å². The molecule has 0 unspecified atom stereocenters. The molecule has 32 heavy (non-hydrogen) atoms. The molecule has 1 N–H and O–H groups in total. The van der Waals surface area contributed by atoms with Gasteiger partial charge in [-0.2, -0.15) is 4.31 Å². The number of carbonyl (C=O) groups excluding carboxylic acids is 1. The lowest BCUT2D eigenvalue weighted by Crippen LogP contribution is -2.39. The molecule has 7 nitrogen and oxygen atoms in total. The second-order valence-electron chi connectivity index (χ2n) is 7.86. The number of nitrogens with one attached hydrogen (secondary N) is 1. The van der Waals surface area contributed by atoms with Gasteiger partial charge in [0, 0.05) is 13.1 Å². The lowest BCUT2D eigenvalue weighted by Gasteiger charge is -2.25. The van der Waals surface area contributed by atoms with E-state index in [2.05, 4.69) is 5.32 Å². The van der Waals surface area contributed by atoms with Crippen LogP contribution in [0, 0.1) is 6.92 Å². The molecule has 1 heterocycles. The van der Waals surface area contributed by atoms with E-state index in [9.17, 15) is 13.2 Å². The van der Waals surface area contributed by atoms with Crippen molar-refractivity contribution in [3.63, 3.8) is 0 Å². The minimum atomic E-state index is -3.45. The predicted molar refractivity (Wildman–Crippen MR) is 123 cm³/mol. The number of carbonyl (C=O) groups is 1. The van der Waals surface area contributed by atoms with E-state index < -0.39 is 16.1 Å². The summed E-state index contributed by atoms with van der Waals surface area (Å²) in [6.07, 6.45) is 2.86. The molecule has 0 aromatic heterocycles. The van der Waals surface area contributed by atoms with Crippen molar-refractivity contribution in [3.8, 4) is 11.5 Å². The van der Waals surface area contributed by atoms with Crippen LogP contribution in [-0.2, 0) is 14.8 Å². The molecule has 1 amide bonds. The lowest BCUT2D eigenvalue weighted by atomic mass is 10.2. The van der Waals surface area contributed by atoms with Crippen molar-refractivity contribution in [3.05, 3.63) is 54.1 Å². The Bertz CT molecular complexity index is 986. The van der Waals surface area contributed by atoms with Crippen LogP contribution in [0.25, 0.3) is 0 Å². The normalized spacial score (nSPS) is 15.7. The van der Waals surface area contributed by atoms with Crippen molar-refractivity contribution in [1.82, 2.24) is 9.62 Å². The fourth-order valence-electron chi connectivity index (χ4n) is 3.58. The van der Waals surface area contributed by atoms with E-state index in [1.807, 2.05) is 38.1 Å². The average Bonchev–Trinajstić information content (AvgIpc) is 2.82. The number of sulfonamides is 1. The second kappa shape index (κ2) is 11.3. The van der Waals surface area contributed by atoms with Gasteiger partial charge in [0.15, 0.2) is 6.10 Å². The molecule has 0 radical (unpaired) electrons. The Kier molecular flexibility index (Phi) is 8.53. The SMILES string of the molecule is CC[C@@H](Oc1ccccc1C)C(=O)NCCOc1ccc(S(=O)(=O)N2CCCCC2)cc1. The number of hydrogen-bond acceptors (Lipinski definition) is 5. The molecule has 1 aliphatic heterocycles. The molecule has 1 fully saturated rings. The molecule has 1 atom stereocenters. The van der Waals surface area contributed by atoms with E-state index in [-0.39, 0.29) is 17.4 Å². The van der Waals surface area contributed by atoms with Crippen LogP contribution in [0.1, 0.15) is 38.2 Å². The van der Waals surface area contributed by atoms with Gasteiger partial charge < -0.3 is 14.8 Å². The number of amides is 1. The van der Waals surface area contributed by atoms with Gasteiger partial charge >= 0.3 is 0 Å². The third-order valence-corrected chi connectivity index (χ3v) is 7.39. The van der Waals surface area contributed by atoms with Crippen molar-refractivity contribution in [1.29, 1.82) is 0 Å². The lowest BCUT2D eigenvalue weighted by molar-refractivity contribution is -0.128. The largest absolute Gasteiger partial charge is 0.492 e. The number of para-hydroxylation sites is 1. The Hall–Kier alpha value is -2.58. The third kappa shape index (κ3) is 6.23. The average molecular weight is 461 g/mol. The summed E-state index contributed by atoms with van der Waals surface area (Å²) >= 11 is 0. The Morgan fingerprint density at radius 2 is 1.75 bits per heavy atom. The van der Waals surface area contributed by atoms with Gasteiger partial charge in [0.25, 0.3) is 5.91 Å². The highest BCUT2D eigenvalue weighted by molar-refractivity contribution is 7.89. The summed E-state index contributed by atoms with van der Waals surface area (Å²) in [6.45, 7) is 5.58. The summed E-state index contributed by atoms with van der Waals surface area (Å²) in [4.78, 5) is 12.7. The summed E-state index contributed by atoms with van der Waals surface area (Å²) in [5.41, 5.74) is 0.979. The summed E-state index contributed by atoms with van der Waals surface area (Å²) in [5, 5.41) is 2.83. The van der Waals surface area contributed by atoms with Crippen molar-refractivity contribution in [2.45, 2.75) is 50.5 Å². The van der Waals surface area contributed by atoms with Crippen molar-refractivity contribution in [2.75, 3.05) is 26.2 Å². The first-order chi connectivity index (χ1) is 15.4. The van der Waals surface area contributed by atoms with Gasteiger partial charge in [-0.25, -0.2) is 8.42 Å². The van der Waals surface area contributed by atoms with E-state index in [1.54, 1.807) is 28.6 Å². The second-order valence-corrected chi connectivity index (χ2v) is 9.79. The zero-order chi connectivity index (χ0) is 23.0. The molecule has 1 saturated heterocycles. The summed E-state index contributed by atoms with van der Waals surface area (Å²) in [7, 11) is -3.45. The van der Waals surface area contributed by atoms with Gasteiger partial charge in [-0.1, -0.05) is 31.5 Å². The number of nitrogens with zero attached hydrogens (tertiary/aromatic N) is 1. The topological polar surface area (TPSA) is 84.9 Å². The molecule has 3 rings (SSSR count). The fraction of sp³-hybridized carbons (Fsp3) is 0.458. The van der Waals surface area contributed by atoms with Crippen LogP contribution in [0.2, 0.25) is 0 Å². The quantitative estimate of drug-likeness (QED) is 0.549. The number of hydrogen-bond donors (Lipinski definition) is 1. The van der Waals surface area contributed by atoms with E-state index in [0.717, 1.165) is 24.8 Å². The van der Waals surface area contributed by atoms with E-state index in [0.29, 0.717) is 37.6 Å². The smallest absolute Gasteiger partial charge is 0.261 e. The van der Waals surface area contributed by atoms with Gasteiger partial charge in [-0.05, 0) is 62.1 Å². The monoisotopic (exact) mass is 460 g/mol. The van der Waals surface area contributed by atoms with Gasteiger partial charge in [-0.3, -0.25) is 4.79 Å². The highest BCUT2D eigenvalue weighted by atomic mass is 32.2. The Labute approximate surface area is 190 Å². The zero-order valence-corrected chi connectivity index (χ0v) is 19.6. The summed E-state index contributed by atoms with van der Waals surface area (Å²) < 4.78 is 38.5. The molecule has 0 bridgehead atoms. The van der Waals surface area contributed by atoms with Gasteiger partial charge in [0.05, 0.1) is 11.4 Å². The summed E-state index contributed by atoms with van der Waals surface area (Å²) in [5.74, 6) is 1.06. The fourth-order valence-corrected chi connectivity index (χ4v) is 5.10. The van der Waals surface area contributed by atoms with Crippen molar-refractivity contribution < 1.29 is 22.7 Å². The van der Waals surface area contributed by atoms with Gasteiger partial charge in [0.2, 0.25) is 10.0 Å². The molecular weight excluding hydrogens is 428 g/mol. The zero-order valence-electron chi connectivity index (χ0n) is 18.7. The number of aryl methyl sites for hydroxylation is 1. The number of benzene rings is 2. The molecule has 0 spiro atoms. The van der Waals surface area contributed by atoms with Crippen LogP contribution in [0.5, 0.6) is 11.5 Å². The first kappa shape index (κ1) is 24.1. The van der Waals surface area contributed by atoms with Crippen molar-refractivity contribution >= 4 is 15.9 Å². The van der Waals surface area contributed by atoms with Crippen LogP contribution < -0.4 is 14.8 Å². The minimum Gasteiger partial charge on any atom is -0.492 e. The maximum Gasteiger partial charge on any atom is 0.261 e. The molecular formula is C24H32N2O5S. The standard InChI is InChI=1S/C24H32N2O5S/c1-3-22(31-23-10-6-5-9-19(23)2)24(27)25-15-18-30-20-11-13-21(14-12-20)32(28,29)26-16-7-4-8-17-26/h5-6,9-14,22H,3-4,7-8,15-18H2,1-2H3,(H,25,27)/t22-/m1/s1. The molecule has 2 aromatic carbocycles. The maximum atomic E-state index is 12.7. The van der Waals surface area contributed by atoms with E-state index >= 15 is 0 Å². The highest BCUT2D eigenvalue weighted by Gasteiger charge is 2.25. The maximum absolute atomic E-state index is 12.7. The number of ether oxygens (including phenoxy) is 2. The molecule has 1 aliphatic rings. The molecule has 2 aromatic rings. The Morgan fingerprint density at radius 1 is 1.06 bits per heavy atom. The Balaban J connectivity index is 1.45. The first-order valence-corrected chi connectivity index (χ1v) is 12.6. The van der Waals surface area contributed by atoms with Crippen molar-refractivity contribution in [2.24, 2.45) is 0 Å². The number of piperidine rings is 1. The summed E-state index contributed by atoms with van der Waals surface area (Å²) in [6, 6.07) is 14.0. The van der Waals surface area contributed by atoms with E-state index in [1.165, 1.54) is 0 Å². The minimum absolute atomic E-state index is 0.192. The molecule has 8 heteroatoms. The van der Waals surface area contributed by atoms with Crippen LogP contribution in [-0.4, -0.2) is 51.0 Å². The number of rotatable bonds is 10. The van der Waals surface area contributed by atoms with Gasteiger partial charge in [-0.15, -0.1) is 0 Å². The Morgan fingerprint density at radius 3 is 2.41 bits per heavy atom.